The minimum atomic E-state index is -0.0604. The van der Waals surface area contributed by atoms with Crippen molar-refractivity contribution in [2.45, 2.75) is 32.7 Å². The Hall–Kier alpha value is -1.43. The fraction of sp³-hybridized carbons (Fsp3) is 0.769. The third kappa shape index (κ3) is 2.94. The lowest BCUT2D eigenvalue weighted by Gasteiger charge is -2.22. The molecule has 0 bridgehead atoms. The molecule has 2 unspecified atom stereocenters. The van der Waals surface area contributed by atoms with Crippen LogP contribution in [0.15, 0.2) is 0 Å². The number of aromatic amines is 1. The van der Waals surface area contributed by atoms with E-state index in [1.807, 2.05) is 4.90 Å². The lowest BCUT2D eigenvalue weighted by atomic mass is 10.1. The summed E-state index contributed by atoms with van der Waals surface area (Å²) in [7, 11) is 4.11. The van der Waals surface area contributed by atoms with Gasteiger partial charge < -0.3 is 9.80 Å². The van der Waals surface area contributed by atoms with Gasteiger partial charge >= 0.3 is 0 Å². The first-order valence-corrected chi connectivity index (χ1v) is 6.90. The first kappa shape index (κ1) is 14.0. The van der Waals surface area contributed by atoms with Crippen molar-refractivity contribution in [1.29, 1.82) is 0 Å². The van der Waals surface area contributed by atoms with E-state index in [1.165, 1.54) is 0 Å². The first-order chi connectivity index (χ1) is 9.02. The molecule has 0 aromatic carbocycles. The SMILES string of the molecule is CCCc1nc(C(=O)N2CC(C)C(N(C)C)C2)n[nH]1. The highest BCUT2D eigenvalue weighted by atomic mass is 16.2. The maximum Gasteiger partial charge on any atom is 0.293 e. The second kappa shape index (κ2) is 5.69. The predicted octanol–water partition coefficient (Wildman–Crippen LogP) is 0.779. The van der Waals surface area contributed by atoms with Crippen molar-refractivity contribution in [1.82, 2.24) is 25.0 Å². The van der Waals surface area contributed by atoms with Gasteiger partial charge in [-0.3, -0.25) is 9.89 Å². The summed E-state index contributed by atoms with van der Waals surface area (Å²) in [5.41, 5.74) is 0. The van der Waals surface area contributed by atoms with Crippen molar-refractivity contribution in [2.75, 3.05) is 27.2 Å². The quantitative estimate of drug-likeness (QED) is 0.873. The smallest absolute Gasteiger partial charge is 0.293 e. The van der Waals surface area contributed by atoms with Gasteiger partial charge in [-0.15, -0.1) is 5.10 Å². The number of amides is 1. The number of hydrogen-bond acceptors (Lipinski definition) is 4. The summed E-state index contributed by atoms with van der Waals surface area (Å²) in [6.07, 6.45) is 1.82. The van der Waals surface area contributed by atoms with E-state index in [0.29, 0.717) is 17.8 Å². The molecule has 0 aliphatic carbocycles. The Kier molecular flexibility index (Phi) is 4.19. The molecule has 1 aromatic heterocycles. The summed E-state index contributed by atoms with van der Waals surface area (Å²) in [4.78, 5) is 20.6. The molecule has 2 rings (SSSR count). The number of nitrogens with zero attached hydrogens (tertiary/aromatic N) is 4. The van der Waals surface area contributed by atoms with Crippen LogP contribution in [-0.4, -0.2) is 64.1 Å². The molecule has 1 saturated heterocycles. The maximum absolute atomic E-state index is 12.3. The van der Waals surface area contributed by atoms with E-state index in [4.69, 9.17) is 0 Å². The van der Waals surface area contributed by atoms with E-state index in [-0.39, 0.29) is 5.91 Å². The third-order valence-electron chi connectivity index (χ3n) is 3.73. The van der Waals surface area contributed by atoms with Crippen LogP contribution in [0.25, 0.3) is 0 Å². The fourth-order valence-electron chi connectivity index (χ4n) is 2.67. The molecular weight excluding hydrogens is 242 g/mol. The van der Waals surface area contributed by atoms with Gasteiger partial charge in [-0.25, -0.2) is 4.98 Å². The average Bonchev–Trinajstić information content (AvgIpc) is 2.95. The molecule has 0 spiro atoms. The van der Waals surface area contributed by atoms with Crippen molar-refractivity contribution in [3.63, 3.8) is 0 Å². The zero-order valence-corrected chi connectivity index (χ0v) is 12.2. The molecule has 0 radical (unpaired) electrons. The average molecular weight is 265 g/mol. The molecular formula is C13H23N5O. The number of likely N-dealkylation sites (N-methyl/N-ethyl adjacent to an activating group) is 1. The highest BCUT2D eigenvalue weighted by Crippen LogP contribution is 2.21. The van der Waals surface area contributed by atoms with Gasteiger partial charge in [0.2, 0.25) is 5.82 Å². The fourth-order valence-corrected chi connectivity index (χ4v) is 2.67. The van der Waals surface area contributed by atoms with Gasteiger partial charge in [-0.2, -0.15) is 0 Å². The van der Waals surface area contributed by atoms with Crippen LogP contribution in [0, 0.1) is 5.92 Å². The Morgan fingerprint density at radius 3 is 2.79 bits per heavy atom. The number of aromatic nitrogens is 3. The zero-order valence-electron chi connectivity index (χ0n) is 12.2. The summed E-state index contributed by atoms with van der Waals surface area (Å²) in [5.74, 6) is 1.51. The van der Waals surface area contributed by atoms with E-state index in [0.717, 1.165) is 31.8 Å². The van der Waals surface area contributed by atoms with Crippen molar-refractivity contribution >= 4 is 5.91 Å². The van der Waals surface area contributed by atoms with Gasteiger partial charge in [0.25, 0.3) is 5.91 Å². The summed E-state index contributed by atoms with van der Waals surface area (Å²) in [5, 5.41) is 6.87. The summed E-state index contributed by atoms with van der Waals surface area (Å²) in [6.45, 7) is 5.79. The van der Waals surface area contributed by atoms with E-state index in [9.17, 15) is 4.79 Å². The lowest BCUT2D eigenvalue weighted by molar-refractivity contribution is 0.0769. The van der Waals surface area contributed by atoms with Crippen LogP contribution in [0.3, 0.4) is 0 Å². The van der Waals surface area contributed by atoms with Crippen LogP contribution in [0.1, 0.15) is 36.7 Å². The third-order valence-corrected chi connectivity index (χ3v) is 3.73. The first-order valence-electron chi connectivity index (χ1n) is 6.90. The molecule has 1 aromatic rings. The number of carbonyl (C=O) groups is 1. The molecule has 0 saturated carbocycles. The molecule has 1 aliphatic rings. The van der Waals surface area contributed by atoms with Crippen LogP contribution in [0.4, 0.5) is 0 Å². The van der Waals surface area contributed by atoms with Gasteiger partial charge in [0.15, 0.2) is 0 Å². The Labute approximate surface area is 114 Å². The van der Waals surface area contributed by atoms with Crippen LogP contribution in [0.2, 0.25) is 0 Å². The Bertz CT molecular complexity index is 442. The van der Waals surface area contributed by atoms with Gasteiger partial charge in [-0.05, 0) is 26.4 Å². The van der Waals surface area contributed by atoms with Gasteiger partial charge in [0, 0.05) is 25.6 Å². The van der Waals surface area contributed by atoms with Gasteiger partial charge in [0.1, 0.15) is 5.82 Å². The van der Waals surface area contributed by atoms with Gasteiger partial charge in [0.05, 0.1) is 0 Å². The minimum absolute atomic E-state index is 0.0604. The summed E-state index contributed by atoms with van der Waals surface area (Å²) < 4.78 is 0. The van der Waals surface area contributed by atoms with E-state index in [1.54, 1.807) is 0 Å². The summed E-state index contributed by atoms with van der Waals surface area (Å²) >= 11 is 0. The zero-order chi connectivity index (χ0) is 14.0. The molecule has 2 heterocycles. The molecule has 2 atom stereocenters. The number of nitrogens with one attached hydrogen (secondary N) is 1. The molecule has 1 fully saturated rings. The van der Waals surface area contributed by atoms with Crippen molar-refractivity contribution in [2.24, 2.45) is 5.92 Å². The number of carbonyl (C=O) groups excluding carboxylic acids is 1. The second-order valence-corrected chi connectivity index (χ2v) is 5.57. The number of likely N-dealkylation sites (tertiary alicyclic amines) is 1. The largest absolute Gasteiger partial charge is 0.334 e. The predicted molar refractivity (Wildman–Crippen MR) is 72.9 cm³/mol. The van der Waals surface area contributed by atoms with E-state index in [2.05, 4.69) is 48.0 Å². The number of rotatable bonds is 4. The van der Waals surface area contributed by atoms with Crippen molar-refractivity contribution in [3.8, 4) is 0 Å². The highest BCUT2D eigenvalue weighted by Gasteiger charge is 2.35. The molecule has 19 heavy (non-hydrogen) atoms. The lowest BCUT2D eigenvalue weighted by Crippen LogP contribution is -2.36. The molecule has 106 valence electrons. The van der Waals surface area contributed by atoms with E-state index < -0.39 is 0 Å². The topological polar surface area (TPSA) is 65.1 Å². The maximum atomic E-state index is 12.3. The Morgan fingerprint density at radius 1 is 1.47 bits per heavy atom. The van der Waals surface area contributed by atoms with Crippen molar-refractivity contribution < 1.29 is 4.79 Å². The van der Waals surface area contributed by atoms with Gasteiger partial charge in [-0.1, -0.05) is 13.8 Å². The molecule has 6 nitrogen and oxygen atoms in total. The van der Waals surface area contributed by atoms with E-state index >= 15 is 0 Å². The summed E-state index contributed by atoms with van der Waals surface area (Å²) in [6, 6.07) is 0.415. The number of hydrogen-bond donors (Lipinski definition) is 1. The Balaban J connectivity index is 2.04. The number of H-pyrrole nitrogens is 1. The van der Waals surface area contributed by atoms with Crippen LogP contribution in [-0.2, 0) is 6.42 Å². The standard InChI is InChI=1S/C13H23N5O/c1-5-6-11-14-12(16-15-11)13(19)18-7-9(2)10(8-18)17(3)4/h9-10H,5-8H2,1-4H3,(H,14,15,16). The van der Waals surface area contributed by atoms with Crippen LogP contribution < -0.4 is 0 Å². The monoisotopic (exact) mass is 265 g/mol. The molecule has 1 aliphatic heterocycles. The second-order valence-electron chi connectivity index (χ2n) is 5.57. The highest BCUT2D eigenvalue weighted by molar-refractivity contribution is 5.90. The molecule has 1 amide bonds. The normalized spacial score (nSPS) is 23.3. The molecule has 6 heteroatoms. The Morgan fingerprint density at radius 2 is 2.21 bits per heavy atom. The minimum Gasteiger partial charge on any atom is -0.334 e. The molecule has 1 N–H and O–H groups in total. The van der Waals surface area contributed by atoms with Crippen molar-refractivity contribution in [3.05, 3.63) is 11.6 Å². The number of aryl methyl sites for hydroxylation is 1. The van der Waals surface area contributed by atoms with Crippen LogP contribution in [0.5, 0.6) is 0 Å². The van der Waals surface area contributed by atoms with Crippen LogP contribution >= 0.6 is 0 Å².